The van der Waals surface area contributed by atoms with Crippen LogP contribution in [0.4, 0.5) is 0 Å². The summed E-state index contributed by atoms with van der Waals surface area (Å²) in [6, 6.07) is 58.3. The monoisotopic (exact) mass is 572 g/mol. The second-order valence-electron chi connectivity index (χ2n) is 12.9. The van der Waals surface area contributed by atoms with E-state index in [0.29, 0.717) is 0 Å². The smallest absolute Gasteiger partial charge is 0.0159 e. The summed E-state index contributed by atoms with van der Waals surface area (Å²) in [5.74, 6) is 0. The van der Waals surface area contributed by atoms with Gasteiger partial charge in [0.2, 0.25) is 0 Å². The van der Waals surface area contributed by atoms with Crippen LogP contribution in [0.15, 0.2) is 158 Å². The van der Waals surface area contributed by atoms with E-state index in [1.54, 1.807) is 0 Å². The fourth-order valence-electron chi connectivity index (χ4n) is 7.97. The minimum Gasteiger partial charge on any atom is -0.0622 e. The molecule has 0 heterocycles. The highest BCUT2D eigenvalue weighted by atomic mass is 14.4. The first-order valence-corrected chi connectivity index (χ1v) is 15.9. The Morgan fingerprint density at radius 1 is 0.311 bits per heavy atom. The average molecular weight is 573 g/mol. The van der Waals surface area contributed by atoms with E-state index in [1.165, 1.54) is 88.0 Å². The summed E-state index contributed by atoms with van der Waals surface area (Å²) in [7, 11) is 0. The molecule has 0 saturated carbocycles. The van der Waals surface area contributed by atoms with Crippen LogP contribution in [0.25, 0.3) is 76.8 Å². The topological polar surface area (TPSA) is 0 Å². The lowest BCUT2D eigenvalue weighted by Crippen LogP contribution is -2.15. The lowest BCUT2D eigenvalue weighted by molar-refractivity contribution is 0.661. The normalized spacial score (nSPS) is 13.3. The van der Waals surface area contributed by atoms with E-state index in [4.69, 9.17) is 0 Å². The molecular weight excluding hydrogens is 540 g/mol. The van der Waals surface area contributed by atoms with Gasteiger partial charge in [-0.05, 0) is 100 Å². The van der Waals surface area contributed by atoms with Gasteiger partial charge < -0.3 is 0 Å². The van der Waals surface area contributed by atoms with Crippen LogP contribution in [0.5, 0.6) is 0 Å². The van der Waals surface area contributed by atoms with E-state index in [2.05, 4.69) is 172 Å². The Morgan fingerprint density at radius 2 is 0.800 bits per heavy atom. The summed E-state index contributed by atoms with van der Waals surface area (Å²) in [4.78, 5) is 0. The van der Waals surface area contributed by atoms with Gasteiger partial charge in [-0.25, -0.2) is 0 Å². The maximum Gasteiger partial charge on any atom is 0.0159 e. The first-order valence-electron chi connectivity index (χ1n) is 15.9. The van der Waals surface area contributed by atoms with Crippen molar-refractivity contribution >= 4 is 32.3 Å². The lowest BCUT2D eigenvalue weighted by Gasteiger charge is -2.24. The maximum atomic E-state index is 2.52. The van der Waals surface area contributed by atoms with Crippen molar-refractivity contribution in [2.45, 2.75) is 19.3 Å². The highest BCUT2D eigenvalue weighted by Gasteiger charge is 2.37. The van der Waals surface area contributed by atoms with E-state index >= 15 is 0 Å². The molecule has 1 aliphatic rings. The second kappa shape index (κ2) is 9.78. The predicted molar refractivity (Wildman–Crippen MR) is 193 cm³/mol. The zero-order chi connectivity index (χ0) is 30.1. The summed E-state index contributed by atoms with van der Waals surface area (Å²) in [6.07, 6.45) is 0. The van der Waals surface area contributed by atoms with Gasteiger partial charge in [0.15, 0.2) is 0 Å². The van der Waals surface area contributed by atoms with Crippen LogP contribution in [-0.2, 0) is 5.41 Å². The SMILES string of the molecule is CC1(C)c2ccccc2-c2c1cc(-c1c3ccccc3c(-c3cccc(-c4ccccc4)c3)c3ccccc13)c1ccccc21. The zero-order valence-electron chi connectivity index (χ0n) is 25.5. The number of fused-ring (bicyclic) bond motifs is 7. The van der Waals surface area contributed by atoms with Gasteiger partial charge >= 0.3 is 0 Å². The molecule has 0 fully saturated rings. The minimum absolute atomic E-state index is 0.0892. The van der Waals surface area contributed by atoms with Gasteiger partial charge in [-0.3, -0.25) is 0 Å². The lowest BCUT2D eigenvalue weighted by atomic mass is 9.79. The van der Waals surface area contributed by atoms with E-state index in [1.807, 2.05) is 0 Å². The molecule has 1 aliphatic carbocycles. The molecule has 0 atom stereocenters. The Kier molecular flexibility index (Phi) is 5.64. The summed E-state index contributed by atoms with van der Waals surface area (Å²) in [6.45, 7) is 4.77. The van der Waals surface area contributed by atoms with E-state index < -0.39 is 0 Å². The Hall–Kier alpha value is -5.46. The van der Waals surface area contributed by atoms with Crippen molar-refractivity contribution in [1.29, 1.82) is 0 Å². The Bertz CT molecular complexity index is 2390. The van der Waals surface area contributed by atoms with Crippen molar-refractivity contribution in [2.75, 3.05) is 0 Å². The number of hydrogen-bond donors (Lipinski definition) is 0. The van der Waals surface area contributed by atoms with Crippen molar-refractivity contribution in [2.24, 2.45) is 0 Å². The van der Waals surface area contributed by atoms with Crippen LogP contribution < -0.4 is 0 Å². The minimum atomic E-state index is -0.0892. The fourth-order valence-corrected chi connectivity index (χ4v) is 7.97. The van der Waals surface area contributed by atoms with E-state index in [-0.39, 0.29) is 5.41 Å². The van der Waals surface area contributed by atoms with Gasteiger partial charge in [0.05, 0.1) is 0 Å². The van der Waals surface area contributed by atoms with Gasteiger partial charge in [-0.2, -0.15) is 0 Å². The van der Waals surface area contributed by atoms with Crippen LogP contribution in [0.2, 0.25) is 0 Å². The first-order chi connectivity index (χ1) is 22.1. The zero-order valence-corrected chi connectivity index (χ0v) is 25.5. The Labute approximate surface area is 264 Å². The molecule has 0 saturated heterocycles. The molecule has 0 bridgehead atoms. The summed E-state index contributed by atoms with van der Waals surface area (Å²) >= 11 is 0. The molecule has 0 spiro atoms. The maximum absolute atomic E-state index is 2.52. The van der Waals surface area contributed by atoms with Gasteiger partial charge in [0.1, 0.15) is 0 Å². The van der Waals surface area contributed by atoms with Gasteiger partial charge in [0, 0.05) is 5.41 Å². The van der Waals surface area contributed by atoms with Crippen molar-refractivity contribution < 1.29 is 0 Å². The molecule has 0 aromatic heterocycles. The molecule has 212 valence electrons. The van der Waals surface area contributed by atoms with Crippen molar-refractivity contribution in [3.8, 4) is 44.5 Å². The summed E-state index contributed by atoms with van der Waals surface area (Å²) < 4.78 is 0. The molecule has 45 heavy (non-hydrogen) atoms. The Morgan fingerprint density at radius 3 is 1.47 bits per heavy atom. The van der Waals surface area contributed by atoms with E-state index in [9.17, 15) is 0 Å². The molecule has 0 nitrogen and oxygen atoms in total. The molecule has 0 N–H and O–H groups in total. The molecule has 0 amide bonds. The van der Waals surface area contributed by atoms with Crippen molar-refractivity contribution in [1.82, 2.24) is 0 Å². The van der Waals surface area contributed by atoms with Crippen molar-refractivity contribution in [3.63, 3.8) is 0 Å². The molecule has 0 radical (unpaired) electrons. The molecule has 0 heteroatoms. The molecule has 8 aromatic rings. The third kappa shape index (κ3) is 3.79. The highest BCUT2D eigenvalue weighted by molar-refractivity contribution is 6.24. The van der Waals surface area contributed by atoms with Gasteiger partial charge in [-0.1, -0.05) is 159 Å². The van der Waals surface area contributed by atoms with Crippen LogP contribution in [-0.4, -0.2) is 0 Å². The van der Waals surface area contributed by atoms with Gasteiger partial charge in [0.25, 0.3) is 0 Å². The largest absolute Gasteiger partial charge is 0.0622 e. The standard InChI is InChI=1S/C45H32/c1-45(2)40-26-13-12-25-38(40)44-33-20-7-6-19-32(33)39(28-41(44)45)43-36-23-10-8-21-34(36)42(35-22-9-11-24-37(35)43)31-18-14-17-30(27-31)29-15-4-3-5-16-29/h3-28H,1-2H3. The van der Waals surface area contributed by atoms with Crippen molar-refractivity contribution in [3.05, 3.63) is 169 Å². The molecular formula is C45H32. The number of rotatable bonds is 3. The quantitative estimate of drug-likeness (QED) is 0.185. The molecule has 0 unspecified atom stereocenters. The predicted octanol–water partition coefficient (Wildman–Crippen LogP) is 12.5. The third-order valence-corrected chi connectivity index (χ3v) is 10.0. The van der Waals surface area contributed by atoms with E-state index in [0.717, 1.165) is 0 Å². The highest BCUT2D eigenvalue weighted by Crippen LogP contribution is 2.54. The Balaban J connectivity index is 1.39. The van der Waals surface area contributed by atoms with Gasteiger partial charge in [-0.15, -0.1) is 0 Å². The first kappa shape index (κ1) is 26.0. The molecule has 9 rings (SSSR count). The van der Waals surface area contributed by atoms with Crippen LogP contribution in [0, 0.1) is 0 Å². The van der Waals surface area contributed by atoms with Crippen LogP contribution in [0.1, 0.15) is 25.0 Å². The van der Waals surface area contributed by atoms with Crippen LogP contribution >= 0.6 is 0 Å². The fraction of sp³-hybridized carbons (Fsp3) is 0.0667. The molecule has 0 aliphatic heterocycles. The number of benzene rings is 8. The number of hydrogen-bond acceptors (Lipinski definition) is 0. The summed E-state index contributed by atoms with van der Waals surface area (Å²) in [5.41, 5.74) is 13.1. The van der Waals surface area contributed by atoms with Crippen LogP contribution in [0.3, 0.4) is 0 Å². The molecule has 8 aromatic carbocycles. The second-order valence-corrected chi connectivity index (χ2v) is 12.9. The average Bonchev–Trinajstić information content (AvgIpc) is 3.33. The third-order valence-electron chi connectivity index (χ3n) is 10.0. The summed E-state index contributed by atoms with van der Waals surface area (Å²) in [5, 5.41) is 7.77.